The van der Waals surface area contributed by atoms with Crippen molar-refractivity contribution < 1.29 is 14.7 Å². The molecule has 1 saturated heterocycles. The predicted molar refractivity (Wildman–Crippen MR) is 78.1 cm³/mol. The zero-order valence-electron chi connectivity index (χ0n) is 11.3. The highest BCUT2D eigenvalue weighted by molar-refractivity contribution is 5.92. The molecule has 0 unspecified atom stereocenters. The first-order valence-electron chi connectivity index (χ1n) is 6.74. The number of aliphatic carboxylic acids is 1. The van der Waals surface area contributed by atoms with Gasteiger partial charge in [-0.25, -0.2) is 4.79 Å². The van der Waals surface area contributed by atoms with Gasteiger partial charge in [-0.15, -0.1) is 0 Å². The number of carbonyl (C=O) groups excluding carboxylic acids is 1. The zero-order chi connectivity index (χ0) is 14.8. The second-order valence-electron chi connectivity index (χ2n) is 5.22. The zero-order valence-corrected chi connectivity index (χ0v) is 11.3. The van der Waals surface area contributed by atoms with E-state index in [1.165, 1.54) is 0 Å². The van der Waals surface area contributed by atoms with Crippen LogP contribution < -0.4 is 5.32 Å². The molecule has 3 rings (SSSR count). The number of pyridine rings is 1. The van der Waals surface area contributed by atoms with E-state index in [1.54, 1.807) is 11.1 Å². The van der Waals surface area contributed by atoms with Crippen molar-refractivity contribution in [2.45, 2.75) is 6.42 Å². The van der Waals surface area contributed by atoms with E-state index < -0.39 is 5.97 Å². The number of fused-ring (bicyclic) bond motifs is 1. The Morgan fingerprint density at radius 3 is 2.86 bits per heavy atom. The number of nitrogens with one attached hydrogen (secondary N) is 1. The maximum atomic E-state index is 12.0. The molecule has 1 aromatic heterocycles. The lowest BCUT2D eigenvalue weighted by molar-refractivity contribution is -0.139. The molecule has 1 fully saturated rings. The molecule has 0 radical (unpaired) electrons. The molecule has 1 aliphatic rings. The van der Waals surface area contributed by atoms with Gasteiger partial charge >= 0.3 is 12.0 Å². The number of carboxylic acid groups (broad SMARTS) is 1. The van der Waals surface area contributed by atoms with E-state index in [2.05, 4.69) is 10.3 Å². The summed E-state index contributed by atoms with van der Waals surface area (Å²) in [7, 11) is 0. The molecule has 6 heteroatoms. The lowest BCUT2D eigenvalue weighted by Gasteiger charge is -2.38. The van der Waals surface area contributed by atoms with Crippen molar-refractivity contribution in [3.63, 3.8) is 0 Å². The fraction of sp³-hybridized carbons (Fsp3) is 0.267. The van der Waals surface area contributed by atoms with Crippen molar-refractivity contribution in [3.8, 4) is 0 Å². The highest BCUT2D eigenvalue weighted by Crippen LogP contribution is 2.21. The van der Waals surface area contributed by atoms with Gasteiger partial charge in [-0.05, 0) is 12.1 Å². The van der Waals surface area contributed by atoms with Gasteiger partial charge in [-0.2, -0.15) is 0 Å². The lowest BCUT2D eigenvalue weighted by Crippen LogP contribution is -2.52. The Labute approximate surface area is 121 Å². The fourth-order valence-corrected chi connectivity index (χ4v) is 2.45. The first-order chi connectivity index (χ1) is 10.1. The Balaban J connectivity index is 1.61. The summed E-state index contributed by atoms with van der Waals surface area (Å²) in [4.78, 5) is 28.4. The summed E-state index contributed by atoms with van der Waals surface area (Å²) in [5, 5.41) is 12.4. The highest BCUT2D eigenvalue weighted by Gasteiger charge is 2.32. The largest absolute Gasteiger partial charge is 0.481 e. The van der Waals surface area contributed by atoms with Crippen LogP contribution in [-0.4, -0.2) is 40.1 Å². The third-order valence-corrected chi connectivity index (χ3v) is 3.55. The van der Waals surface area contributed by atoms with Gasteiger partial charge in [0.1, 0.15) is 0 Å². The summed E-state index contributed by atoms with van der Waals surface area (Å²) < 4.78 is 0. The minimum absolute atomic E-state index is 0.0583. The molecule has 2 amide bonds. The normalized spacial score (nSPS) is 14.8. The number of carboxylic acids is 1. The van der Waals surface area contributed by atoms with E-state index in [0.29, 0.717) is 18.8 Å². The van der Waals surface area contributed by atoms with Gasteiger partial charge in [0.25, 0.3) is 0 Å². The molecule has 1 aromatic carbocycles. The van der Waals surface area contributed by atoms with Crippen LogP contribution in [0.1, 0.15) is 6.42 Å². The van der Waals surface area contributed by atoms with Crippen LogP contribution >= 0.6 is 0 Å². The molecule has 0 spiro atoms. The lowest BCUT2D eigenvalue weighted by atomic mass is 9.97. The smallest absolute Gasteiger partial charge is 0.321 e. The van der Waals surface area contributed by atoms with Crippen LogP contribution in [0.3, 0.4) is 0 Å². The van der Waals surface area contributed by atoms with Crippen molar-refractivity contribution in [3.05, 3.63) is 36.5 Å². The van der Waals surface area contributed by atoms with Crippen LogP contribution in [0, 0.1) is 5.92 Å². The van der Waals surface area contributed by atoms with Crippen molar-refractivity contribution in [1.29, 1.82) is 0 Å². The van der Waals surface area contributed by atoms with Gasteiger partial charge in [0.05, 0.1) is 23.8 Å². The van der Waals surface area contributed by atoms with Gasteiger partial charge < -0.3 is 15.3 Å². The molecule has 0 aliphatic carbocycles. The van der Waals surface area contributed by atoms with E-state index in [4.69, 9.17) is 5.11 Å². The van der Waals surface area contributed by atoms with Crippen LogP contribution in [0.5, 0.6) is 0 Å². The van der Waals surface area contributed by atoms with Gasteiger partial charge in [0, 0.05) is 24.4 Å². The Morgan fingerprint density at radius 1 is 1.33 bits per heavy atom. The van der Waals surface area contributed by atoms with Gasteiger partial charge in [0.2, 0.25) is 0 Å². The fourth-order valence-electron chi connectivity index (χ4n) is 2.45. The standard InChI is InChI=1S/C15H15N3O3/c19-14(20)5-10-8-18(9-10)15(21)17-12-6-11-3-1-2-4-13(11)16-7-12/h1-4,6-7,10H,5,8-9H2,(H,17,21)(H,19,20). The number of urea groups is 1. The maximum Gasteiger partial charge on any atom is 0.321 e. The van der Waals surface area contributed by atoms with Crippen LogP contribution in [0.15, 0.2) is 36.5 Å². The summed E-state index contributed by atoms with van der Waals surface area (Å²) in [5.74, 6) is -0.762. The first-order valence-corrected chi connectivity index (χ1v) is 6.74. The van der Waals surface area contributed by atoms with Crippen LogP contribution in [0.2, 0.25) is 0 Å². The second-order valence-corrected chi connectivity index (χ2v) is 5.22. The summed E-state index contributed by atoms with van der Waals surface area (Å²) in [5.41, 5.74) is 1.52. The third-order valence-electron chi connectivity index (χ3n) is 3.55. The number of amides is 2. The summed E-state index contributed by atoms with van der Waals surface area (Å²) in [6.45, 7) is 0.971. The summed E-state index contributed by atoms with van der Waals surface area (Å²) >= 11 is 0. The molecule has 0 atom stereocenters. The van der Waals surface area contributed by atoms with E-state index in [-0.39, 0.29) is 18.4 Å². The van der Waals surface area contributed by atoms with E-state index in [1.807, 2.05) is 30.3 Å². The Hall–Kier alpha value is -2.63. The van der Waals surface area contributed by atoms with E-state index in [9.17, 15) is 9.59 Å². The summed E-state index contributed by atoms with van der Waals surface area (Å²) in [6.07, 6.45) is 1.73. The molecule has 0 saturated carbocycles. The number of hydrogen-bond donors (Lipinski definition) is 2. The second kappa shape index (κ2) is 5.40. The number of carbonyl (C=O) groups is 2. The first kappa shape index (κ1) is 13.4. The molecular formula is C15H15N3O3. The average molecular weight is 285 g/mol. The maximum absolute atomic E-state index is 12.0. The Bertz CT molecular complexity index is 695. The van der Waals surface area contributed by atoms with Crippen molar-refractivity contribution in [2.75, 3.05) is 18.4 Å². The molecule has 2 aromatic rings. The Morgan fingerprint density at radius 2 is 2.10 bits per heavy atom. The average Bonchev–Trinajstić information content (AvgIpc) is 2.42. The van der Waals surface area contributed by atoms with Crippen LogP contribution in [0.4, 0.5) is 10.5 Å². The monoisotopic (exact) mass is 285 g/mol. The van der Waals surface area contributed by atoms with E-state index >= 15 is 0 Å². The highest BCUT2D eigenvalue weighted by atomic mass is 16.4. The minimum atomic E-state index is -0.821. The topological polar surface area (TPSA) is 82.5 Å². The van der Waals surface area contributed by atoms with E-state index in [0.717, 1.165) is 10.9 Å². The van der Waals surface area contributed by atoms with Gasteiger partial charge in [0.15, 0.2) is 0 Å². The molecule has 108 valence electrons. The number of likely N-dealkylation sites (tertiary alicyclic amines) is 1. The molecular weight excluding hydrogens is 270 g/mol. The molecule has 1 aliphatic heterocycles. The Kier molecular flexibility index (Phi) is 3.43. The van der Waals surface area contributed by atoms with Gasteiger partial charge in [-0.1, -0.05) is 18.2 Å². The quantitative estimate of drug-likeness (QED) is 0.905. The molecule has 2 N–H and O–H groups in total. The number of benzene rings is 1. The van der Waals surface area contributed by atoms with Crippen LogP contribution in [-0.2, 0) is 4.79 Å². The van der Waals surface area contributed by atoms with Gasteiger partial charge in [-0.3, -0.25) is 9.78 Å². The summed E-state index contributed by atoms with van der Waals surface area (Å²) in [6, 6.07) is 9.33. The number of aromatic nitrogens is 1. The van der Waals surface area contributed by atoms with Crippen molar-refractivity contribution in [2.24, 2.45) is 5.92 Å². The molecule has 2 heterocycles. The SMILES string of the molecule is O=C(O)CC1CN(C(=O)Nc2cnc3ccccc3c2)C1. The molecule has 6 nitrogen and oxygen atoms in total. The third kappa shape index (κ3) is 2.94. The number of para-hydroxylation sites is 1. The number of nitrogens with zero attached hydrogens (tertiary/aromatic N) is 2. The van der Waals surface area contributed by atoms with Crippen molar-refractivity contribution in [1.82, 2.24) is 9.88 Å². The number of anilines is 1. The molecule has 0 bridgehead atoms. The number of rotatable bonds is 3. The number of hydrogen-bond acceptors (Lipinski definition) is 3. The van der Waals surface area contributed by atoms with Crippen molar-refractivity contribution >= 4 is 28.6 Å². The molecule has 21 heavy (non-hydrogen) atoms. The van der Waals surface area contributed by atoms with Crippen LogP contribution in [0.25, 0.3) is 10.9 Å². The predicted octanol–water partition coefficient (Wildman–Crippen LogP) is 2.17. The minimum Gasteiger partial charge on any atom is -0.481 e.